The van der Waals surface area contributed by atoms with Crippen molar-refractivity contribution in [3.63, 3.8) is 0 Å². The molecule has 0 spiro atoms. The van der Waals surface area contributed by atoms with Gasteiger partial charge in [-0.05, 0) is 26.3 Å². The number of Topliss-reactive ketones (excluding diaryl/α,β-unsaturated/α-hetero) is 1. The molecular weight excluding hydrogens is 351 g/mol. The first-order chi connectivity index (χ1) is 12.1. The number of aromatic nitrogens is 1. The van der Waals surface area contributed by atoms with E-state index in [1.807, 2.05) is 0 Å². The third-order valence-corrected chi connectivity index (χ3v) is 4.24. The minimum atomic E-state index is -4.67. The van der Waals surface area contributed by atoms with Gasteiger partial charge in [0.05, 0.1) is 30.9 Å². The Bertz CT molecular complexity index is 755. The Morgan fingerprint density at radius 3 is 2.65 bits per heavy atom. The predicted molar refractivity (Wildman–Crippen MR) is 88.0 cm³/mol. The number of allylic oxidation sites excluding steroid dienone is 1. The number of aliphatic hydroxyl groups is 1. The van der Waals surface area contributed by atoms with Crippen LogP contribution in [0.15, 0.2) is 30.2 Å². The number of halogens is 3. The zero-order valence-electron chi connectivity index (χ0n) is 14.7. The van der Waals surface area contributed by atoms with Gasteiger partial charge in [0, 0.05) is 17.3 Å². The van der Waals surface area contributed by atoms with Crippen molar-refractivity contribution in [3.8, 4) is 0 Å². The van der Waals surface area contributed by atoms with Gasteiger partial charge in [-0.15, -0.1) is 0 Å². The zero-order valence-corrected chi connectivity index (χ0v) is 14.7. The number of pyridine rings is 1. The van der Waals surface area contributed by atoms with Gasteiger partial charge < -0.3 is 14.6 Å². The summed E-state index contributed by atoms with van der Waals surface area (Å²) in [7, 11) is 1.32. The monoisotopic (exact) mass is 371 g/mol. The maximum Gasteiger partial charge on any atom is 0.417 e. The van der Waals surface area contributed by atoms with Crippen LogP contribution in [0.4, 0.5) is 13.2 Å². The molecular formula is C18H20F3NO4. The average molecular weight is 371 g/mol. The van der Waals surface area contributed by atoms with Gasteiger partial charge in [0.15, 0.2) is 5.78 Å². The van der Waals surface area contributed by atoms with Crippen LogP contribution in [0.1, 0.15) is 43.0 Å². The molecule has 2 unspecified atom stereocenters. The molecule has 2 atom stereocenters. The molecule has 0 aromatic carbocycles. The summed E-state index contributed by atoms with van der Waals surface area (Å²) >= 11 is 0. The molecule has 5 nitrogen and oxygen atoms in total. The summed E-state index contributed by atoms with van der Waals surface area (Å²) in [5.41, 5.74) is -1.16. The number of aliphatic hydroxyl groups excluding tert-OH is 1. The lowest BCUT2D eigenvalue weighted by Crippen LogP contribution is -2.30. The van der Waals surface area contributed by atoms with Crippen molar-refractivity contribution >= 4 is 11.5 Å². The maximum atomic E-state index is 13.5. The Kier molecular flexibility index (Phi) is 5.75. The fourth-order valence-corrected chi connectivity index (χ4v) is 2.99. The molecule has 0 saturated heterocycles. The summed E-state index contributed by atoms with van der Waals surface area (Å²) in [5.74, 6) is -1.43. The molecule has 0 fully saturated rings. The summed E-state index contributed by atoms with van der Waals surface area (Å²) in [6.45, 7) is 6.75. The summed E-state index contributed by atoms with van der Waals surface area (Å²) in [4.78, 5) is 16.5. The molecule has 26 heavy (non-hydrogen) atoms. The summed E-state index contributed by atoms with van der Waals surface area (Å²) in [6.07, 6.45) is -4.86. The van der Waals surface area contributed by atoms with E-state index in [1.54, 1.807) is 6.92 Å². The zero-order chi connectivity index (χ0) is 19.6. The molecule has 1 aromatic rings. The number of ether oxygens (including phenoxy) is 2. The van der Waals surface area contributed by atoms with Crippen LogP contribution >= 0.6 is 0 Å². The highest BCUT2D eigenvalue weighted by Gasteiger charge is 2.39. The van der Waals surface area contributed by atoms with Crippen LogP contribution in [0.3, 0.4) is 0 Å². The van der Waals surface area contributed by atoms with Gasteiger partial charge in [-0.3, -0.25) is 9.78 Å². The topological polar surface area (TPSA) is 68.7 Å². The first kappa shape index (κ1) is 20.0. The highest BCUT2D eigenvalue weighted by Crippen LogP contribution is 2.39. The summed E-state index contributed by atoms with van der Waals surface area (Å²) in [6, 6.07) is 0.819. The van der Waals surface area contributed by atoms with Gasteiger partial charge in [-0.2, -0.15) is 13.2 Å². The Labute approximate surface area is 149 Å². The van der Waals surface area contributed by atoms with Crippen molar-refractivity contribution in [2.24, 2.45) is 0 Å². The highest BCUT2D eigenvalue weighted by molar-refractivity contribution is 6.01. The van der Waals surface area contributed by atoms with E-state index in [4.69, 9.17) is 9.47 Å². The van der Waals surface area contributed by atoms with Crippen LogP contribution < -0.4 is 0 Å². The number of rotatable bonds is 5. The van der Waals surface area contributed by atoms with Crippen molar-refractivity contribution < 1.29 is 32.5 Å². The molecule has 142 valence electrons. The van der Waals surface area contributed by atoms with Crippen LogP contribution in [0.5, 0.6) is 0 Å². The molecule has 0 amide bonds. The number of methoxy groups -OCH3 is 1. The summed E-state index contributed by atoms with van der Waals surface area (Å²) in [5, 5.41) is 10.1. The Morgan fingerprint density at radius 2 is 2.12 bits per heavy atom. The lowest BCUT2D eigenvalue weighted by Gasteiger charge is -2.28. The molecule has 0 aliphatic heterocycles. The maximum absolute atomic E-state index is 13.5. The van der Waals surface area contributed by atoms with Gasteiger partial charge in [0.2, 0.25) is 0 Å². The van der Waals surface area contributed by atoms with E-state index < -0.39 is 29.5 Å². The largest absolute Gasteiger partial charge is 0.498 e. The van der Waals surface area contributed by atoms with Gasteiger partial charge >= 0.3 is 6.18 Å². The van der Waals surface area contributed by atoms with Crippen molar-refractivity contribution in [1.82, 2.24) is 4.98 Å². The third kappa shape index (κ3) is 3.75. The second-order valence-electron chi connectivity index (χ2n) is 5.87. The van der Waals surface area contributed by atoms with Crippen molar-refractivity contribution in [1.29, 1.82) is 0 Å². The van der Waals surface area contributed by atoms with E-state index >= 15 is 0 Å². The lowest BCUT2D eigenvalue weighted by atomic mass is 9.82. The molecule has 1 N–H and O–H groups in total. The van der Waals surface area contributed by atoms with E-state index in [0.29, 0.717) is 0 Å². The second-order valence-corrected chi connectivity index (χ2v) is 5.87. The minimum absolute atomic E-state index is 0.0658. The van der Waals surface area contributed by atoms with Crippen molar-refractivity contribution in [2.45, 2.75) is 38.5 Å². The van der Waals surface area contributed by atoms with E-state index in [0.717, 1.165) is 12.3 Å². The number of carbonyl (C=O) groups is 1. The van der Waals surface area contributed by atoms with Crippen molar-refractivity contribution in [3.05, 3.63) is 47.0 Å². The van der Waals surface area contributed by atoms with E-state index in [2.05, 4.69) is 11.6 Å². The Hall–Kier alpha value is -2.35. The highest BCUT2D eigenvalue weighted by atomic mass is 19.4. The number of ketones is 1. The molecule has 1 aromatic heterocycles. The smallest absolute Gasteiger partial charge is 0.417 e. The van der Waals surface area contributed by atoms with Crippen LogP contribution in [0.25, 0.3) is 5.76 Å². The van der Waals surface area contributed by atoms with Crippen molar-refractivity contribution in [2.75, 3.05) is 13.7 Å². The fourth-order valence-electron chi connectivity index (χ4n) is 2.99. The first-order valence-corrected chi connectivity index (χ1v) is 7.98. The number of hydrogen-bond donors (Lipinski definition) is 1. The van der Waals surface area contributed by atoms with E-state index in [-0.39, 0.29) is 41.4 Å². The molecule has 1 heterocycles. The summed E-state index contributed by atoms with van der Waals surface area (Å²) < 4.78 is 50.5. The SMILES string of the molecule is C=C(OCC)c1cnc(C2CC(O)C(OC)=C(C)C2=O)cc1C(F)(F)F. The molecule has 0 radical (unpaired) electrons. The van der Waals surface area contributed by atoms with Gasteiger partial charge in [0.1, 0.15) is 17.6 Å². The molecule has 8 heteroatoms. The van der Waals surface area contributed by atoms with Crippen LogP contribution in [-0.4, -0.2) is 35.7 Å². The van der Waals surface area contributed by atoms with E-state index in [1.165, 1.54) is 14.0 Å². The van der Waals surface area contributed by atoms with E-state index in [9.17, 15) is 23.1 Å². The number of hydrogen-bond acceptors (Lipinski definition) is 5. The molecule has 0 saturated carbocycles. The average Bonchev–Trinajstić information content (AvgIpc) is 2.57. The van der Waals surface area contributed by atoms with Crippen LogP contribution in [0, 0.1) is 0 Å². The van der Waals surface area contributed by atoms with Gasteiger partial charge in [-0.1, -0.05) is 6.58 Å². The second kappa shape index (κ2) is 7.49. The number of nitrogens with zero attached hydrogens (tertiary/aromatic N) is 1. The van der Waals surface area contributed by atoms with Gasteiger partial charge in [0.25, 0.3) is 0 Å². The molecule has 1 aliphatic carbocycles. The lowest BCUT2D eigenvalue weighted by molar-refractivity contribution is -0.138. The third-order valence-electron chi connectivity index (χ3n) is 4.24. The Balaban J connectivity index is 2.51. The minimum Gasteiger partial charge on any atom is -0.498 e. The quantitative estimate of drug-likeness (QED) is 0.803. The fraction of sp³-hybridized carbons (Fsp3) is 0.444. The molecule has 0 bridgehead atoms. The molecule has 2 rings (SSSR count). The predicted octanol–water partition coefficient (Wildman–Crippen LogP) is 3.45. The Morgan fingerprint density at radius 1 is 1.46 bits per heavy atom. The number of carbonyl (C=O) groups excluding carboxylic acids is 1. The normalized spacial score (nSPS) is 21.0. The standard InChI is InChI=1S/C18H20F3NO4/c1-5-26-10(3)12-8-22-14(7-13(12)18(19,20)21)11-6-15(23)17(25-4)9(2)16(11)24/h7-8,11,15,23H,3,5-6H2,1-2,4H3. The van der Waals surface area contributed by atoms with Gasteiger partial charge in [-0.25, -0.2) is 0 Å². The first-order valence-electron chi connectivity index (χ1n) is 7.98. The molecule has 1 aliphatic rings. The number of alkyl halides is 3. The van der Waals surface area contributed by atoms with Crippen LogP contribution in [0.2, 0.25) is 0 Å². The van der Waals surface area contributed by atoms with Crippen LogP contribution in [-0.2, 0) is 20.4 Å².